The van der Waals surface area contributed by atoms with Crippen LogP contribution < -0.4 is 0 Å². The molecule has 1 aliphatic heterocycles. The molecular weight excluding hydrogens is 344 g/mol. The lowest BCUT2D eigenvalue weighted by atomic mass is 10.0. The summed E-state index contributed by atoms with van der Waals surface area (Å²) >= 11 is 1.64. The minimum Gasteiger partial charge on any atom is -0.332 e. The quantitative estimate of drug-likeness (QED) is 0.558. The van der Waals surface area contributed by atoms with E-state index in [1.165, 1.54) is 0 Å². The molecule has 128 valence electrons. The van der Waals surface area contributed by atoms with Crippen molar-refractivity contribution in [3.63, 3.8) is 0 Å². The van der Waals surface area contributed by atoms with Crippen molar-refractivity contribution in [3.8, 4) is 11.1 Å². The van der Waals surface area contributed by atoms with E-state index >= 15 is 0 Å². The highest BCUT2D eigenvalue weighted by atomic mass is 32.1. The zero-order valence-corrected chi connectivity index (χ0v) is 14.8. The number of fused-ring (bicyclic) bond motifs is 2. The third-order valence-corrected chi connectivity index (χ3v) is 5.44. The van der Waals surface area contributed by atoms with Gasteiger partial charge in [0.2, 0.25) is 0 Å². The summed E-state index contributed by atoms with van der Waals surface area (Å²) in [6, 6.07) is 9.93. The molecule has 0 bridgehead atoms. The van der Waals surface area contributed by atoms with Gasteiger partial charge < -0.3 is 9.30 Å². The Kier molecular flexibility index (Phi) is 3.57. The molecular formula is C20H16N4OS. The Hall–Kier alpha value is -2.99. The molecule has 26 heavy (non-hydrogen) atoms. The molecule has 0 fully saturated rings. The van der Waals surface area contributed by atoms with Crippen LogP contribution in [0.1, 0.15) is 21.7 Å². The van der Waals surface area contributed by atoms with Crippen molar-refractivity contribution in [2.75, 3.05) is 6.54 Å². The first-order valence-corrected chi connectivity index (χ1v) is 9.46. The lowest BCUT2D eigenvalue weighted by Crippen LogP contribution is -2.26. The molecule has 0 unspecified atom stereocenters. The standard InChI is InChI=1S/C20H16N4OS/c25-20-19-16(14-6-10-26-13-14)4-7-21-17(19)12-24(20)9-5-15-11-23-8-2-1-3-18(23)22-15/h1-4,6-8,10-11,13H,5,9,12H2. The van der Waals surface area contributed by atoms with Crippen LogP contribution in [-0.4, -0.2) is 31.7 Å². The fourth-order valence-electron chi connectivity index (χ4n) is 3.47. The Morgan fingerprint density at radius 1 is 1.19 bits per heavy atom. The summed E-state index contributed by atoms with van der Waals surface area (Å²) in [5.41, 5.74) is 5.61. The number of rotatable bonds is 4. The van der Waals surface area contributed by atoms with E-state index in [-0.39, 0.29) is 5.91 Å². The molecule has 5 heterocycles. The van der Waals surface area contributed by atoms with E-state index in [1.807, 2.05) is 57.4 Å². The second kappa shape index (κ2) is 6.07. The van der Waals surface area contributed by atoms with Crippen molar-refractivity contribution in [1.29, 1.82) is 0 Å². The van der Waals surface area contributed by atoms with Crippen molar-refractivity contribution in [1.82, 2.24) is 19.3 Å². The summed E-state index contributed by atoms with van der Waals surface area (Å²) < 4.78 is 2.01. The molecule has 6 heteroatoms. The molecule has 0 saturated carbocycles. The summed E-state index contributed by atoms with van der Waals surface area (Å²) in [4.78, 5) is 23.9. The van der Waals surface area contributed by atoms with Gasteiger partial charge in [0.25, 0.3) is 5.91 Å². The van der Waals surface area contributed by atoms with Crippen LogP contribution in [0.4, 0.5) is 0 Å². The molecule has 5 nitrogen and oxygen atoms in total. The van der Waals surface area contributed by atoms with Gasteiger partial charge in [0.1, 0.15) is 5.65 Å². The fourth-order valence-corrected chi connectivity index (χ4v) is 4.13. The Balaban J connectivity index is 1.38. The van der Waals surface area contributed by atoms with E-state index in [0.717, 1.165) is 40.1 Å². The van der Waals surface area contributed by atoms with Crippen molar-refractivity contribution < 1.29 is 4.79 Å². The van der Waals surface area contributed by atoms with Crippen LogP contribution in [0.3, 0.4) is 0 Å². The number of aromatic nitrogens is 3. The molecule has 4 aromatic rings. The SMILES string of the molecule is O=C1c2c(-c3ccsc3)ccnc2CN1CCc1cn2ccccc2n1. The Labute approximate surface area is 154 Å². The van der Waals surface area contributed by atoms with E-state index in [1.54, 1.807) is 17.5 Å². The van der Waals surface area contributed by atoms with Crippen molar-refractivity contribution in [2.24, 2.45) is 0 Å². The van der Waals surface area contributed by atoms with Crippen molar-refractivity contribution >= 4 is 22.9 Å². The molecule has 0 saturated heterocycles. The highest BCUT2D eigenvalue weighted by Crippen LogP contribution is 2.32. The van der Waals surface area contributed by atoms with Gasteiger partial charge in [0.05, 0.1) is 23.5 Å². The lowest BCUT2D eigenvalue weighted by molar-refractivity contribution is 0.0780. The lowest BCUT2D eigenvalue weighted by Gasteiger charge is -2.14. The second-order valence-corrected chi connectivity index (χ2v) is 7.15. The highest BCUT2D eigenvalue weighted by molar-refractivity contribution is 7.08. The van der Waals surface area contributed by atoms with E-state index in [4.69, 9.17) is 0 Å². The largest absolute Gasteiger partial charge is 0.332 e. The predicted molar refractivity (Wildman–Crippen MR) is 101 cm³/mol. The van der Waals surface area contributed by atoms with Gasteiger partial charge in [-0.25, -0.2) is 4.98 Å². The second-order valence-electron chi connectivity index (χ2n) is 6.37. The molecule has 0 aromatic carbocycles. The Morgan fingerprint density at radius 3 is 3.00 bits per heavy atom. The summed E-state index contributed by atoms with van der Waals surface area (Å²) in [5.74, 6) is 0.0677. The fraction of sp³-hybridized carbons (Fsp3) is 0.150. The van der Waals surface area contributed by atoms with Crippen molar-refractivity contribution in [2.45, 2.75) is 13.0 Å². The summed E-state index contributed by atoms with van der Waals surface area (Å²) in [6.45, 7) is 1.21. The number of amides is 1. The summed E-state index contributed by atoms with van der Waals surface area (Å²) in [5, 5.41) is 4.10. The third-order valence-electron chi connectivity index (χ3n) is 4.76. The molecule has 1 amide bonds. The predicted octanol–water partition coefficient (Wildman–Crippen LogP) is 3.66. The van der Waals surface area contributed by atoms with Gasteiger partial charge in [-0.15, -0.1) is 0 Å². The van der Waals surface area contributed by atoms with Gasteiger partial charge in [0.15, 0.2) is 0 Å². The molecule has 0 N–H and O–H groups in total. The number of pyridine rings is 2. The monoisotopic (exact) mass is 360 g/mol. The molecule has 0 radical (unpaired) electrons. The van der Waals surface area contributed by atoms with Gasteiger partial charge >= 0.3 is 0 Å². The third kappa shape index (κ3) is 2.50. The Morgan fingerprint density at radius 2 is 2.15 bits per heavy atom. The topological polar surface area (TPSA) is 50.5 Å². The van der Waals surface area contributed by atoms with E-state index in [0.29, 0.717) is 13.1 Å². The Bertz CT molecular complexity index is 1070. The van der Waals surface area contributed by atoms with E-state index in [9.17, 15) is 4.79 Å². The first-order chi connectivity index (χ1) is 12.8. The molecule has 1 aliphatic rings. The first-order valence-electron chi connectivity index (χ1n) is 8.52. The molecule has 0 aliphatic carbocycles. The van der Waals surface area contributed by atoms with Crippen LogP contribution in [0.5, 0.6) is 0 Å². The number of hydrogen-bond donors (Lipinski definition) is 0. The first kappa shape index (κ1) is 15.3. The van der Waals surface area contributed by atoms with E-state index in [2.05, 4.69) is 15.3 Å². The van der Waals surface area contributed by atoms with Crippen molar-refractivity contribution in [3.05, 3.63) is 76.6 Å². The zero-order valence-electron chi connectivity index (χ0n) is 14.0. The maximum Gasteiger partial charge on any atom is 0.256 e. The van der Waals surface area contributed by atoms with Gasteiger partial charge in [-0.2, -0.15) is 11.3 Å². The summed E-state index contributed by atoms with van der Waals surface area (Å²) in [6.07, 6.45) is 6.54. The van der Waals surface area contributed by atoms with Crippen LogP contribution in [0.25, 0.3) is 16.8 Å². The normalized spacial score (nSPS) is 13.5. The smallest absolute Gasteiger partial charge is 0.256 e. The van der Waals surface area contributed by atoms with Crippen LogP contribution >= 0.6 is 11.3 Å². The number of carbonyl (C=O) groups excluding carboxylic acids is 1. The minimum absolute atomic E-state index is 0.0677. The molecule has 0 spiro atoms. The highest BCUT2D eigenvalue weighted by Gasteiger charge is 2.31. The number of imidazole rings is 1. The average Bonchev–Trinajstić information content (AvgIpc) is 3.39. The number of nitrogens with zero attached hydrogens (tertiary/aromatic N) is 4. The maximum atomic E-state index is 13.0. The molecule has 4 aromatic heterocycles. The van der Waals surface area contributed by atoms with Gasteiger partial charge in [-0.1, -0.05) is 6.07 Å². The maximum absolute atomic E-state index is 13.0. The van der Waals surface area contributed by atoms with Gasteiger partial charge in [-0.05, 0) is 46.2 Å². The molecule has 5 rings (SSSR count). The molecule has 0 atom stereocenters. The van der Waals surface area contributed by atoms with E-state index < -0.39 is 0 Å². The van der Waals surface area contributed by atoms with Crippen LogP contribution in [0.2, 0.25) is 0 Å². The van der Waals surface area contributed by atoms with Gasteiger partial charge in [0, 0.05) is 31.6 Å². The number of hydrogen-bond acceptors (Lipinski definition) is 4. The summed E-state index contributed by atoms with van der Waals surface area (Å²) in [7, 11) is 0. The van der Waals surface area contributed by atoms with Crippen LogP contribution in [-0.2, 0) is 13.0 Å². The zero-order chi connectivity index (χ0) is 17.5. The van der Waals surface area contributed by atoms with Crippen LogP contribution in [0.15, 0.2) is 59.7 Å². The number of thiophene rings is 1. The number of carbonyl (C=O) groups is 1. The minimum atomic E-state index is 0.0677. The average molecular weight is 360 g/mol. The van der Waals surface area contributed by atoms with Crippen LogP contribution in [0, 0.1) is 0 Å². The van der Waals surface area contributed by atoms with Gasteiger partial charge in [-0.3, -0.25) is 9.78 Å².